The van der Waals surface area contributed by atoms with Crippen molar-refractivity contribution in [3.05, 3.63) is 41.2 Å². The summed E-state index contributed by atoms with van der Waals surface area (Å²) in [4.78, 5) is 0. The van der Waals surface area contributed by atoms with Crippen molar-refractivity contribution in [1.29, 1.82) is 0 Å². The van der Waals surface area contributed by atoms with Crippen molar-refractivity contribution < 1.29 is 13.2 Å². The number of nitrogens with zero attached hydrogens (tertiary/aromatic N) is 1. The third-order valence-electron chi connectivity index (χ3n) is 3.07. The molecule has 0 radical (unpaired) electrons. The van der Waals surface area contributed by atoms with E-state index >= 15 is 0 Å². The molecule has 0 aliphatic heterocycles. The molecule has 0 fully saturated rings. The fraction of sp³-hybridized carbons (Fsp3) is 0.357. The van der Waals surface area contributed by atoms with Crippen molar-refractivity contribution in [2.24, 2.45) is 0 Å². The molecule has 2 rings (SSSR count). The molecule has 2 aromatic rings. The highest BCUT2D eigenvalue weighted by Crippen LogP contribution is 2.29. The van der Waals surface area contributed by atoms with Crippen LogP contribution in [0.3, 0.4) is 0 Å². The van der Waals surface area contributed by atoms with Crippen LogP contribution in [0.4, 0.5) is 13.2 Å². The van der Waals surface area contributed by atoms with Crippen LogP contribution in [0.15, 0.2) is 24.4 Å². The first kappa shape index (κ1) is 13.6. The lowest BCUT2D eigenvalue weighted by atomic mass is 9.97. The Bertz CT molecular complexity index is 570. The average molecular weight is 268 g/mol. The molecule has 0 aliphatic carbocycles. The maximum absolute atomic E-state index is 12.4. The van der Waals surface area contributed by atoms with Gasteiger partial charge in [0.1, 0.15) is 0 Å². The van der Waals surface area contributed by atoms with Gasteiger partial charge >= 0.3 is 6.18 Å². The van der Waals surface area contributed by atoms with E-state index in [1.54, 1.807) is 18.3 Å². The van der Waals surface area contributed by atoms with Crippen LogP contribution < -0.4 is 0 Å². The second kappa shape index (κ2) is 5.07. The van der Waals surface area contributed by atoms with Gasteiger partial charge in [0.2, 0.25) is 0 Å². The van der Waals surface area contributed by atoms with Crippen LogP contribution in [-0.4, -0.2) is 16.4 Å². The Hall–Kier alpha value is -1.78. The molecule has 0 bridgehead atoms. The van der Waals surface area contributed by atoms with Crippen LogP contribution in [0.25, 0.3) is 11.1 Å². The molecular formula is C14H15F3N2. The maximum Gasteiger partial charge on any atom is 0.393 e. The summed E-state index contributed by atoms with van der Waals surface area (Å²) in [5.41, 5.74) is 3.85. The molecule has 0 saturated carbocycles. The monoisotopic (exact) mass is 268 g/mol. The van der Waals surface area contributed by atoms with Gasteiger partial charge in [0.15, 0.2) is 0 Å². The second-order valence-electron chi connectivity index (χ2n) is 4.56. The number of nitrogens with one attached hydrogen (secondary N) is 1. The molecule has 0 spiro atoms. The fourth-order valence-corrected chi connectivity index (χ4v) is 2.12. The number of aromatic amines is 1. The molecule has 0 atom stereocenters. The summed E-state index contributed by atoms with van der Waals surface area (Å²) < 4.78 is 37.3. The smallest absolute Gasteiger partial charge is 0.282 e. The van der Waals surface area contributed by atoms with Crippen molar-refractivity contribution in [2.75, 3.05) is 0 Å². The molecule has 0 unspecified atom stereocenters. The highest BCUT2D eigenvalue weighted by Gasteiger charge is 2.27. The summed E-state index contributed by atoms with van der Waals surface area (Å²) in [6.07, 6.45) is -2.66. The Balaban J connectivity index is 2.43. The Labute approximate surface area is 109 Å². The number of hydrogen-bond donors (Lipinski definition) is 1. The molecule has 0 aliphatic rings. The Kier molecular flexibility index (Phi) is 3.64. The van der Waals surface area contributed by atoms with Crippen molar-refractivity contribution in [1.82, 2.24) is 10.2 Å². The van der Waals surface area contributed by atoms with E-state index in [4.69, 9.17) is 0 Å². The average Bonchev–Trinajstić information content (AvgIpc) is 2.77. The fourth-order valence-electron chi connectivity index (χ4n) is 2.12. The van der Waals surface area contributed by atoms with E-state index in [-0.39, 0.29) is 5.56 Å². The first-order valence-electron chi connectivity index (χ1n) is 6.09. The van der Waals surface area contributed by atoms with Gasteiger partial charge in [-0.1, -0.05) is 25.1 Å². The van der Waals surface area contributed by atoms with Crippen LogP contribution in [0.5, 0.6) is 0 Å². The van der Waals surface area contributed by atoms with Gasteiger partial charge in [-0.15, -0.1) is 0 Å². The number of benzene rings is 1. The van der Waals surface area contributed by atoms with Gasteiger partial charge in [-0.3, -0.25) is 5.10 Å². The van der Waals surface area contributed by atoms with Gasteiger partial charge in [0, 0.05) is 11.3 Å². The first-order chi connectivity index (χ1) is 8.90. The molecule has 102 valence electrons. The molecule has 0 saturated heterocycles. The van der Waals surface area contributed by atoms with Gasteiger partial charge in [-0.2, -0.15) is 18.3 Å². The number of aryl methyl sites for hydroxylation is 2. The number of hydrogen-bond acceptors (Lipinski definition) is 1. The van der Waals surface area contributed by atoms with E-state index in [0.717, 1.165) is 28.8 Å². The Morgan fingerprint density at radius 3 is 2.58 bits per heavy atom. The summed E-state index contributed by atoms with van der Waals surface area (Å²) in [6.45, 7) is 3.87. The SMILES string of the molecule is CCc1[nH]ncc1-c1cc(CC(F)(F)F)ccc1C. The van der Waals surface area contributed by atoms with Crippen molar-refractivity contribution in [2.45, 2.75) is 32.9 Å². The zero-order valence-electron chi connectivity index (χ0n) is 10.8. The van der Waals surface area contributed by atoms with Crippen LogP contribution in [0.2, 0.25) is 0 Å². The highest BCUT2D eigenvalue weighted by molar-refractivity contribution is 5.69. The summed E-state index contributed by atoms with van der Waals surface area (Å²) >= 11 is 0. The summed E-state index contributed by atoms with van der Waals surface area (Å²) in [5, 5.41) is 6.84. The molecule has 19 heavy (non-hydrogen) atoms. The van der Waals surface area contributed by atoms with Crippen molar-refractivity contribution in [3.63, 3.8) is 0 Å². The third-order valence-corrected chi connectivity index (χ3v) is 3.07. The van der Waals surface area contributed by atoms with E-state index < -0.39 is 12.6 Å². The van der Waals surface area contributed by atoms with Gasteiger partial charge < -0.3 is 0 Å². The van der Waals surface area contributed by atoms with E-state index in [1.165, 1.54) is 6.07 Å². The maximum atomic E-state index is 12.4. The summed E-state index contributed by atoms with van der Waals surface area (Å²) in [7, 11) is 0. The van der Waals surface area contributed by atoms with Crippen molar-refractivity contribution >= 4 is 0 Å². The Morgan fingerprint density at radius 2 is 1.95 bits per heavy atom. The lowest BCUT2D eigenvalue weighted by Crippen LogP contribution is -2.11. The van der Waals surface area contributed by atoms with Gasteiger partial charge in [0.05, 0.1) is 12.6 Å². The minimum absolute atomic E-state index is 0.274. The molecular weight excluding hydrogens is 253 g/mol. The molecule has 1 aromatic heterocycles. The van der Waals surface area contributed by atoms with Gasteiger partial charge in [-0.25, -0.2) is 0 Å². The highest BCUT2D eigenvalue weighted by atomic mass is 19.4. The lowest BCUT2D eigenvalue weighted by Gasteiger charge is -2.11. The molecule has 2 nitrogen and oxygen atoms in total. The Morgan fingerprint density at radius 1 is 1.21 bits per heavy atom. The molecule has 1 aromatic carbocycles. The summed E-state index contributed by atoms with van der Waals surface area (Å²) in [5.74, 6) is 0. The zero-order valence-corrected chi connectivity index (χ0v) is 10.8. The second-order valence-corrected chi connectivity index (χ2v) is 4.56. The van der Waals surface area contributed by atoms with E-state index in [2.05, 4.69) is 10.2 Å². The predicted octanol–water partition coefficient (Wildman–Crippen LogP) is 4.05. The van der Waals surface area contributed by atoms with E-state index in [0.29, 0.717) is 0 Å². The quantitative estimate of drug-likeness (QED) is 0.893. The van der Waals surface area contributed by atoms with Crippen LogP contribution >= 0.6 is 0 Å². The number of halogens is 3. The van der Waals surface area contributed by atoms with Gasteiger partial charge in [-0.05, 0) is 30.0 Å². The molecule has 5 heteroatoms. The van der Waals surface area contributed by atoms with Crippen LogP contribution in [0.1, 0.15) is 23.7 Å². The molecule has 0 amide bonds. The van der Waals surface area contributed by atoms with E-state index in [1.807, 2.05) is 13.8 Å². The summed E-state index contributed by atoms with van der Waals surface area (Å²) in [6, 6.07) is 4.85. The largest absolute Gasteiger partial charge is 0.393 e. The topological polar surface area (TPSA) is 28.7 Å². The zero-order chi connectivity index (χ0) is 14.0. The van der Waals surface area contributed by atoms with Crippen LogP contribution in [0, 0.1) is 6.92 Å². The van der Waals surface area contributed by atoms with Crippen molar-refractivity contribution in [3.8, 4) is 11.1 Å². The number of alkyl halides is 3. The van der Waals surface area contributed by atoms with Crippen LogP contribution in [-0.2, 0) is 12.8 Å². The van der Waals surface area contributed by atoms with Gasteiger partial charge in [0.25, 0.3) is 0 Å². The minimum Gasteiger partial charge on any atom is -0.282 e. The van der Waals surface area contributed by atoms with E-state index in [9.17, 15) is 13.2 Å². The molecule has 1 N–H and O–H groups in total. The normalized spacial score (nSPS) is 11.8. The lowest BCUT2D eigenvalue weighted by molar-refractivity contribution is -0.127. The number of H-pyrrole nitrogens is 1. The predicted molar refractivity (Wildman–Crippen MR) is 67.9 cm³/mol. The number of rotatable bonds is 3. The third kappa shape index (κ3) is 3.16. The first-order valence-corrected chi connectivity index (χ1v) is 6.09. The minimum atomic E-state index is -4.18. The molecule has 1 heterocycles. The standard InChI is InChI=1S/C14H15F3N2/c1-3-13-12(8-18-19-13)11-6-10(5-4-9(11)2)7-14(15,16)17/h4-6,8H,3,7H2,1-2H3,(H,18,19). The number of aromatic nitrogens is 2.